The van der Waals surface area contributed by atoms with Gasteiger partial charge in [0.05, 0.1) is 22.5 Å². The minimum Gasteiger partial charge on any atom is -0.288 e. The lowest BCUT2D eigenvalue weighted by molar-refractivity contribution is -0.120. The SMILES string of the molecule is C=Cc1scc(Cn2c(=O)n(C(CCC)CC(=O)NS(=O)(=O)c3cccc(F)c3)c3ccccc32)c1/C(C)=C/C. The first kappa shape index (κ1) is 29.2. The largest absolute Gasteiger partial charge is 0.329 e. The number of fused-ring (bicyclic) bond motifs is 1. The number of carbonyl (C=O) groups is 1. The van der Waals surface area contributed by atoms with Gasteiger partial charge in [0.1, 0.15) is 5.82 Å². The summed E-state index contributed by atoms with van der Waals surface area (Å²) in [5.41, 5.74) is 4.23. The summed E-state index contributed by atoms with van der Waals surface area (Å²) in [7, 11) is -4.27. The number of nitrogens with zero attached hydrogens (tertiary/aromatic N) is 2. The number of rotatable bonds is 11. The van der Waals surface area contributed by atoms with Gasteiger partial charge in [-0.2, -0.15) is 0 Å². The zero-order valence-corrected chi connectivity index (χ0v) is 24.3. The van der Waals surface area contributed by atoms with Gasteiger partial charge in [0.25, 0.3) is 10.0 Å². The van der Waals surface area contributed by atoms with Crippen molar-refractivity contribution in [1.29, 1.82) is 0 Å². The van der Waals surface area contributed by atoms with Crippen molar-refractivity contribution < 1.29 is 17.6 Å². The molecule has 1 atom stereocenters. The molecule has 0 saturated heterocycles. The predicted octanol–water partition coefficient (Wildman–Crippen LogP) is 6.35. The van der Waals surface area contributed by atoms with Crippen LogP contribution in [0.25, 0.3) is 22.7 Å². The average molecular weight is 582 g/mol. The Kier molecular flexibility index (Phi) is 8.90. The summed E-state index contributed by atoms with van der Waals surface area (Å²) < 4.78 is 44.4. The van der Waals surface area contributed by atoms with Crippen LogP contribution in [0.2, 0.25) is 0 Å². The third-order valence-electron chi connectivity index (χ3n) is 6.87. The van der Waals surface area contributed by atoms with Gasteiger partial charge >= 0.3 is 5.69 Å². The minimum absolute atomic E-state index is 0.238. The molecule has 40 heavy (non-hydrogen) atoms. The topological polar surface area (TPSA) is 90.2 Å². The van der Waals surface area contributed by atoms with E-state index in [2.05, 4.69) is 6.58 Å². The molecule has 2 heterocycles. The molecule has 1 N–H and O–H groups in total. The number of carbonyl (C=O) groups excluding carboxylic acids is 1. The van der Waals surface area contributed by atoms with Crippen LogP contribution in [-0.2, 0) is 21.4 Å². The van der Waals surface area contributed by atoms with Crippen LogP contribution >= 0.6 is 11.3 Å². The van der Waals surface area contributed by atoms with E-state index in [1.807, 2.05) is 67.3 Å². The fraction of sp³-hybridized carbons (Fsp3) is 0.267. The maximum Gasteiger partial charge on any atom is 0.329 e. The molecule has 0 aliphatic heterocycles. The van der Waals surface area contributed by atoms with Crippen molar-refractivity contribution in [2.75, 3.05) is 0 Å². The zero-order chi connectivity index (χ0) is 29.0. The maximum absolute atomic E-state index is 14.0. The summed E-state index contributed by atoms with van der Waals surface area (Å²) in [6.07, 6.45) is 4.74. The number of imidazole rings is 1. The maximum atomic E-state index is 14.0. The van der Waals surface area contributed by atoms with Crippen LogP contribution in [0.1, 0.15) is 62.1 Å². The van der Waals surface area contributed by atoms with Gasteiger partial charge in [0.2, 0.25) is 5.91 Å². The quantitative estimate of drug-likeness (QED) is 0.223. The van der Waals surface area contributed by atoms with Crippen LogP contribution in [0.4, 0.5) is 4.39 Å². The first-order chi connectivity index (χ1) is 19.1. The van der Waals surface area contributed by atoms with Crippen LogP contribution in [0.15, 0.2) is 76.3 Å². The normalized spacial score (nSPS) is 12.9. The molecule has 0 aliphatic carbocycles. The fourth-order valence-electron chi connectivity index (χ4n) is 4.93. The highest BCUT2D eigenvalue weighted by Crippen LogP contribution is 2.32. The van der Waals surface area contributed by atoms with E-state index in [1.54, 1.807) is 20.5 Å². The van der Waals surface area contributed by atoms with E-state index in [0.717, 1.165) is 39.2 Å². The van der Waals surface area contributed by atoms with E-state index in [-0.39, 0.29) is 17.0 Å². The Bertz CT molecular complexity index is 1760. The van der Waals surface area contributed by atoms with Gasteiger partial charge in [0.15, 0.2) is 0 Å². The Morgan fingerprint density at radius 1 is 1.18 bits per heavy atom. The second kappa shape index (κ2) is 12.2. The monoisotopic (exact) mass is 581 g/mol. The highest BCUT2D eigenvalue weighted by atomic mass is 32.2. The lowest BCUT2D eigenvalue weighted by Gasteiger charge is -2.18. The molecule has 210 valence electrons. The number of para-hydroxylation sites is 2. The van der Waals surface area contributed by atoms with Crippen LogP contribution < -0.4 is 10.4 Å². The van der Waals surface area contributed by atoms with Gasteiger partial charge in [-0.15, -0.1) is 11.3 Å². The van der Waals surface area contributed by atoms with Crippen molar-refractivity contribution in [2.45, 2.75) is 57.5 Å². The van der Waals surface area contributed by atoms with Crippen molar-refractivity contribution >= 4 is 49.9 Å². The first-order valence-electron chi connectivity index (χ1n) is 13.0. The molecule has 0 bridgehead atoms. The molecule has 4 rings (SSSR count). The van der Waals surface area contributed by atoms with Crippen LogP contribution in [0, 0.1) is 5.82 Å². The Morgan fingerprint density at radius 2 is 1.90 bits per heavy atom. The van der Waals surface area contributed by atoms with Gasteiger partial charge in [0, 0.05) is 22.9 Å². The Hall–Kier alpha value is -3.76. The summed E-state index contributed by atoms with van der Waals surface area (Å²) in [6, 6.07) is 11.2. The summed E-state index contributed by atoms with van der Waals surface area (Å²) in [5.74, 6) is -1.50. The van der Waals surface area contributed by atoms with Gasteiger partial charge < -0.3 is 0 Å². The molecule has 10 heteroatoms. The van der Waals surface area contributed by atoms with E-state index in [0.29, 0.717) is 24.9 Å². The van der Waals surface area contributed by atoms with E-state index < -0.39 is 27.8 Å². The van der Waals surface area contributed by atoms with E-state index >= 15 is 0 Å². The number of benzene rings is 2. The van der Waals surface area contributed by atoms with Crippen molar-refractivity contribution in [3.63, 3.8) is 0 Å². The van der Waals surface area contributed by atoms with Crippen molar-refractivity contribution in [2.24, 2.45) is 0 Å². The number of sulfonamides is 1. The minimum atomic E-state index is -4.27. The second-order valence-corrected chi connectivity index (χ2v) is 12.1. The summed E-state index contributed by atoms with van der Waals surface area (Å²) >= 11 is 1.57. The molecule has 0 saturated carbocycles. The zero-order valence-electron chi connectivity index (χ0n) is 22.7. The summed E-state index contributed by atoms with van der Waals surface area (Å²) in [4.78, 5) is 27.6. The third-order valence-corrected chi connectivity index (χ3v) is 9.27. The smallest absolute Gasteiger partial charge is 0.288 e. The number of allylic oxidation sites excluding steroid dienone is 2. The molecule has 1 amide bonds. The average Bonchev–Trinajstić information content (AvgIpc) is 3.46. The molecule has 7 nitrogen and oxygen atoms in total. The molecule has 0 radical (unpaired) electrons. The van der Waals surface area contributed by atoms with Gasteiger partial charge in [-0.25, -0.2) is 22.3 Å². The molecular formula is C30H32FN3O4S2. The fourth-order valence-corrected chi connectivity index (χ4v) is 6.93. The standard InChI is InChI=1S/C30H32FN3O4S2/c1-5-11-23(17-28(35)32-40(37,38)24-13-10-12-22(31)16-24)34-26-15-9-8-14-25(26)33(30(34)36)18-21-19-39-27(7-3)29(21)20(4)6-2/h6-10,12-16,19,23H,3,5,11,17-18H2,1-2,4H3,(H,32,35)/b20-6+. The van der Waals surface area contributed by atoms with E-state index in [9.17, 15) is 22.4 Å². The van der Waals surface area contributed by atoms with Crippen LogP contribution in [0.5, 0.6) is 0 Å². The van der Waals surface area contributed by atoms with Gasteiger partial charge in [-0.1, -0.05) is 50.3 Å². The van der Waals surface area contributed by atoms with Crippen LogP contribution in [-0.4, -0.2) is 23.5 Å². The van der Waals surface area contributed by atoms with E-state index in [4.69, 9.17) is 0 Å². The Balaban J connectivity index is 1.72. The molecule has 0 aliphatic rings. The number of hydrogen-bond acceptors (Lipinski definition) is 5. The molecule has 4 aromatic rings. The van der Waals surface area contributed by atoms with Gasteiger partial charge in [-0.3, -0.25) is 13.9 Å². The summed E-state index contributed by atoms with van der Waals surface area (Å²) in [6.45, 7) is 10.2. The predicted molar refractivity (Wildman–Crippen MR) is 159 cm³/mol. The number of hydrogen-bond donors (Lipinski definition) is 1. The Labute approximate surface area is 237 Å². The number of amides is 1. The number of halogens is 1. The molecule has 0 spiro atoms. The molecule has 1 unspecified atom stereocenters. The molecule has 2 aromatic heterocycles. The summed E-state index contributed by atoms with van der Waals surface area (Å²) in [5, 5.41) is 2.03. The number of aromatic nitrogens is 2. The van der Waals surface area contributed by atoms with Crippen LogP contribution in [0.3, 0.4) is 0 Å². The first-order valence-corrected chi connectivity index (χ1v) is 15.3. The highest BCUT2D eigenvalue weighted by molar-refractivity contribution is 7.90. The lowest BCUT2D eigenvalue weighted by Crippen LogP contribution is -2.35. The Morgan fingerprint density at radius 3 is 2.55 bits per heavy atom. The number of thiophene rings is 1. The molecule has 0 fully saturated rings. The number of nitrogens with one attached hydrogen (secondary N) is 1. The van der Waals surface area contributed by atoms with Gasteiger partial charge in [-0.05, 0) is 67.1 Å². The van der Waals surface area contributed by atoms with Crippen molar-refractivity contribution in [3.8, 4) is 0 Å². The lowest BCUT2D eigenvalue weighted by atomic mass is 10.0. The van der Waals surface area contributed by atoms with Crippen molar-refractivity contribution in [1.82, 2.24) is 13.9 Å². The molecule has 2 aromatic carbocycles. The molecular weight excluding hydrogens is 549 g/mol. The highest BCUT2D eigenvalue weighted by Gasteiger charge is 2.26. The second-order valence-electron chi connectivity index (χ2n) is 9.54. The van der Waals surface area contributed by atoms with Crippen molar-refractivity contribution in [3.05, 3.63) is 98.9 Å². The third kappa shape index (κ3) is 5.88. The van der Waals surface area contributed by atoms with E-state index in [1.165, 1.54) is 12.1 Å².